The van der Waals surface area contributed by atoms with Gasteiger partial charge in [-0.3, -0.25) is 0 Å². The summed E-state index contributed by atoms with van der Waals surface area (Å²) in [5.41, 5.74) is 1.39. The number of hydrogen-bond donors (Lipinski definition) is 2. The van der Waals surface area contributed by atoms with E-state index in [-0.39, 0.29) is 0 Å². The van der Waals surface area contributed by atoms with Crippen molar-refractivity contribution in [1.29, 1.82) is 0 Å². The summed E-state index contributed by atoms with van der Waals surface area (Å²) in [6, 6.07) is 7.01. The molecular weight excluding hydrogens is 238 g/mol. The third-order valence-electron chi connectivity index (χ3n) is 4.60. The molecule has 0 saturated carbocycles. The molecule has 0 aromatic heterocycles. The lowest BCUT2D eigenvalue weighted by molar-refractivity contribution is -0.0373. The molecule has 1 aromatic rings. The van der Waals surface area contributed by atoms with Crippen LogP contribution in [-0.2, 0) is 5.60 Å². The van der Waals surface area contributed by atoms with Gasteiger partial charge in [-0.25, -0.2) is 0 Å². The Labute approximate surface area is 115 Å². The Morgan fingerprint density at radius 1 is 1.26 bits per heavy atom. The zero-order valence-electron chi connectivity index (χ0n) is 11.8. The molecule has 0 radical (unpaired) electrons. The highest BCUT2D eigenvalue weighted by molar-refractivity contribution is 5.41. The van der Waals surface area contributed by atoms with E-state index in [0.29, 0.717) is 12.1 Å². The third kappa shape index (κ3) is 2.37. The number of aryl methyl sites for hydroxylation is 1. The highest BCUT2D eigenvalue weighted by Gasteiger charge is 2.43. The van der Waals surface area contributed by atoms with Gasteiger partial charge in [0.2, 0.25) is 0 Å². The number of piperidine rings is 2. The molecule has 2 saturated heterocycles. The van der Waals surface area contributed by atoms with Crippen molar-refractivity contribution in [3.8, 4) is 5.75 Å². The fraction of sp³-hybridized carbons (Fsp3) is 0.625. The summed E-state index contributed by atoms with van der Waals surface area (Å²) in [7, 11) is 1.68. The molecule has 3 nitrogen and oxygen atoms in total. The maximum absolute atomic E-state index is 11.1. The van der Waals surface area contributed by atoms with Gasteiger partial charge in [-0.1, -0.05) is 18.6 Å². The minimum atomic E-state index is -0.736. The van der Waals surface area contributed by atoms with Gasteiger partial charge >= 0.3 is 0 Å². The van der Waals surface area contributed by atoms with Crippen molar-refractivity contribution in [3.05, 3.63) is 29.3 Å². The Morgan fingerprint density at radius 2 is 1.95 bits per heavy atom. The summed E-state index contributed by atoms with van der Waals surface area (Å²) in [5.74, 6) is 0.822. The number of nitrogens with one attached hydrogen (secondary N) is 1. The van der Waals surface area contributed by atoms with Gasteiger partial charge in [0, 0.05) is 17.6 Å². The van der Waals surface area contributed by atoms with Crippen LogP contribution >= 0.6 is 0 Å². The van der Waals surface area contributed by atoms with E-state index >= 15 is 0 Å². The van der Waals surface area contributed by atoms with Gasteiger partial charge < -0.3 is 15.2 Å². The monoisotopic (exact) mass is 261 g/mol. The summed E-state index contributed by atoms with van der Waals surface area (Å²) < 4.78 is 5.49. The van der Waals surface area contributed by atoms with Crippen LogP contribution in [0.2, 0.25) is 0 Å². The molecule has 0 aliphatic carbocycles. The Balaban J connectivity index is 1.96. The number of ether oxygens (including phenoxy) is 1. The van der Waals surface area contributed by atoms with Crippen molar-refractivity contribution in [3.63, 3.8) is 0 Å². The average molecular weight is 261 g/mol. The first-order valence-electron chi connectivity index (χ1n) is 7.24. The number of rotatable bonds is 2. The second-order valence-electron chi connectivity index (χ2n) is 6.13. The van der Waals surface area contributed by atoms with E-state index in [1.807, 2.05) is 19.1 Å². The topological polar surface area (TPSA) is 41.5 Å². The zero-order valence-corrected chi connectivity index (χ0v) is 11.8. The molecule has 2 bridgehead atoms. The second kappa shape index (κ2) is 4.80. The lowest BCUT2D eigenvalue weighted by atomic mass is 9.73. The standard InChI is InChI=1S/C16H23NO2/c1-11-6-7-14(15(8-11)19-2)16(18)9-12-4-3-5-13(10-16)17-12/h6-8,12-13,17-18H,3-5,9-10H2,1-2H3. The second-order valence-corrected chi connectivity index (χ2v) is 6.13. The fourth-order valence-corrected chi connectivity index (χ4v) is 3.73. The predicted octanol–water partition coefficient (Wildman–Crippen LogP) is 2.50. The summed E-state index contributed by atoms with van der Waals surface area (Å²) in [4.78, 5) is 0. The van der Waals surface area contributed by atoms with Gasteiger partial charge in [-0.15, -0.1) is 0 Å². The van der Waals surface area contributed by atoms with Crippen LogP contribution in [-0.4, -0.2) is 24.3 Å². The molecular formula is C16H23NO2. The molecule has 0 amide bonds. The first-order chi connectivity index (χ1) is 9.10. The lowest BCUT2D eigenvalue weighted by Crippen LogP contribution is -2.54. The fourth-order valence-electron chi connectivity index (χ4n) is 3.73. The van der Waals surface area contributed by atoms with E-state index in [4.69, 9.17) is 4.74 Å². The van der Waals surface area contributed by atoms with Crippen molar-refractivity contribution in [2.75, 3.05) is 7.11 Å². The quantitative estimate of drug-likeness (QED) is 0.859. The van der Waals surface area contributed by atoms with Crippen LogP contribution in [0.3, 0.4) is 0 Å². The molecule has 2 N–H and O–H groups in total. The third-order valence-corrected chi connectivity index (χ3v) is 4.60. The largest absolute Gasteiger partial charge is 0.496 e. The van der Waals surface area contributed by atoms with E-state index < -0.39 is 5.60 Å². The first-order valence-corrected chi connectivity index (χ1v) is 7.24. The van der Waals surface area contributed by atoms with Crippen LogP contribution in [0, 0.1) is 6.92 Å². The summed E-state index contributed by atoms with van der Waals surface area (Å²) in [5, 5.41) is 14.8. The zero-order chi connectivity index (χ0) is 13.5. The van der Waals surface area contributed by atoms with Gasteiger partial charge in [-0.05, 0) is 44.2 Å². The van der Waals surface area contributed by atoms with E-state index in [1.165, 1.54) is 24.8 Å². The van der Waals surface area contributed by atoms with Crippen LogP contribution < -0.4 is 10.1 Å². The van der Waals surface area contributed by atoms with Crippen LogP contribution in [0.5, 0.6) is 5.75 Å². The van der Waals surface area contributed by atoms with E-state index in [2.05, 4.69) is 11.4 Å². The molecule has 0 spiro atoms. The molecule has 19 heavy (non-hydrogen) atoms. The first kappa shape index (κ1) is 12.9. The molecule has 3 heteroatoms. The van der Waals surface area contributed by atoms with Crippen LogP contribution in [0.15, 0.2) is 18.2 Å². The molecule has 2 unspecified atom stereocenters. The summed E-state index contributed by atoms with van der Waals surface area (Å²) in [6.07, 6.45) is 5.22. The van der Waals surface area contributed by atoms with Crippen LogP contribution in [0.1, 0.15) is 43.2 Å². The van der Waals surface area contributed by atoms with Crippen molar-refractivity contribution in [1.82, 2.24) is 5.32 Å². The SMILES string of the molecule is COc1cc(C)ccc1C1(O)CC2CCCC(C1)N2. The molecule has 104 valence electrons. The van der Waals surface area contributed by atoms with Crippen molar-refractivity contribution < 1.29 is 9.84 Å². The highest BCUT2D eigenvalue weighted by atomic mass is 16.5. The normalized spacial score (nSPS) is 34.1. The van der Waals surface area contributed by atoms with E-state index in [9.17, 15) is 5.11 Å². The number of benzene rings is 1. The van der Waals surface area contributed by atoms with Crippen molar-refractivity contribution in [2.24, 2.45) is 0 Å². The Morgan fingerprint density at radius 3 is 2.58 bits per heavy atom. The minimum Gasteiger partial charge on any atom is -0.496 e. The van der Waals surface area contributed by atoms with E-state index in [0.717, 1.165) is 24.2 Å². The number of hydrogen-bond acceptors (Lipinski definition) is 3. The van der Waals surface area contributed by atoms with Gasteiger partial charge in [-0.2, -0.15) is 0 Å². The minimum absolute atomic E-state index is 0.448. The van der Waals surface area contributed by atoms with Gasteiger partial charge in [0.05, 0.1) is 12.7 Å². The molecule has 2 atom stereocenters. The molecule has 2 heterocycles. The maximum atomic E-state index is 11.1. The predicted molar refractivity (Wildman–Crippen MR) is 75.4 cm³/mol. The van der Waals surface area contributed by atoms with E-state index in [1.54, 1.807) is 7.11 Å². The Bertz CT molecular complexity index is 460. The lowest BCUT2D eigenvalue weighted by Gasteiger charge is -2.45. The Kier molecular flexibility index (Phi) is 3.27. The number of aliphatic hydroxyl groups is 1. The maximum Gasteiger partial charge on any atom is 0.125 e. The molecule has 2 fully saturated rings. The molecule has 3 rings (SSSR count). The smallest absolute Gasteiger partial charge is 0.125 e. The number of methoxy groups -OCH3 is 1. The van der Waals surface area contributed by atoms with Gasteiger partial charge in [0.25, 0.3) is 0 Å². The van der Waals surface area contributed by atoms with Crippen LogP contribution in [0.25, 0.3) is 0 Å². The van der Waals surface area contributed by atoms with Gasteiger partial charge in [0.15, 0.2) is 0 Å². The van der Waals surface area contributed by atoms with Gasteiger partial charge in [0.1, 0.15) is 5.75 Å². The molecule has 2 aliphatic rings. The van der Waals surface area contributed by atoms with Crippen LogP contribution in [0.4, 0.5) is 0 Å². The average Bonchev–Trinajstić information content (AvgIpc) is 2.37. The molecule has 1 aromatic carbocycles. The summed E-state index contributed by atoms with van der Waals surface area (Å²) >= 11 is 0. The van der Waals surface area contributed by atoms with Crippen molar-refractivity contribution in [2.45, 2.75) is 56.7 Å². The number of fused-ring (bicyclic) bond motifs is 2. The van der Waals surface area contributed by atoms with Crippen molar-refractivity contribution >= 4 is 0 Å². The molecule has 2 aliphatic heterocycles. The summed E-state index contributed by atoms with van der Waals surface area (Å²) in [6.45, 7) is 2.05. The highest BCUT2D eigenvalue weighted by Crippen LogP contribution is 2.43. The Hall–Kier alpha value is -1.06.